The monoisotopic (exact) mass is 274 g/mol. The highest BCUT2D eigenvalue weighted by molar-refractivity contribution is 5.98. The van der Waals surface area contributed by atoms with Crippen molar-refractivity contribution in [3.05, 3.63) is 58.9 Å². The second-order valence-electron chi connectivity index (χ2n) is 4.30. The number of aryl methyl sites for hydroxylation is 1. The molecule has 0 unspecified atom stereocenters. The molecule has 2 rings (SSSR count). The van der Waals surface area contributed by atoms with E-state index in [1.165, 1.54) is 6.07 Å². The van der Waals surface area contributed by atoms with Gasteiger partial charge in [0, 0.05) is 5.56 Å². The Bertz CT molecular complexity index is 707. The third-order valence-corrected chi connectivity index (χ3v) is 2.99. The number of carboxylic acids is 2. The maximum atomic E-state index is 13.9. The van der Waals surface area contributed by atoms with Crippen LogP contribution >= 0.6 is 0 Å². The van der Waals surface area contributed by atoms with E-state index in [0.717, 1.165) is 18.2 Å². The van der Waals surface area contributed by atoms with Gasteiger partial charge in [-0.3, -0.25) is 0 Å². The molecule has 102 valence electrons. The molecule has 0 atom stereocenters. The fraction of sp³-hybridized carbons (Fsp3) is 0.0667. The van der Waals surface area contributed by atoms with Gasteiger partial charge in [0.2, 0.25) is 0 Å². The minimum Gasteiger partial charge on any atom is -0.478 e. The summed E-state index contributed by atoms with van der Waals surface area (Å²) in [6.45, 7) is 1.60. The summed E-state index contributed by atoms with van der Waals surface area (Å²) in [5.41, 5.74) is 0.479. The van der Waals surface area contributed by atoms with Crippen LogP contribution in [-0.2, 0) is 0 Å². The average Bonchev–Trinajstić information content (AvgIpc) is 2.38. The zero-order valence-corrected chi connectivity index (χ0v) is 10.6. The van der Waals surface area contributed by atoms with Crippen LogP contribution in [-0.4, -0.2) is 22.2 Å². The van der Waals surface area contributed by atoms with Crippen molar-refractivity contribution in [2.75, 3.05) is 0 Å². The normalized spacial score (nSPS) is 10.3. The largest absolute Gasteiger partial charge is 0.478 e. The van der Waals surface area contributed by atoms with Gasteiger partial charge < -0.3 is 10.2 Å². The summed E-state index contributed by atoms with van der Waals surface area (Å²) >= 11 is 0. The van der Waals surface area contributed by atoms with Gasteiger partial charge in [-0.25, -0.2) is 14.0 Å². The van der Waals surface area contributed by atoms with E-state index in [9.17, 15) is 19.1 Å². The summed E-state index contributed by atoms with van der Waals surface area (Å²) in [7, 11) is 0. The Hall–Kier alpha value is -2.69. The molecule has 0 amide bonds. The summed E-state index contributed by atoms with van der Waals surface area (Å²) in [5.74, 6) is -3.04. The number of halogens is 1. The van der Waals surface area contributed by atoms with Crippen LogP contribution in [0.25, 0.3) is 11.1 Å². The lowest BCUT2D eigenvalue weighted by Crippen LogP contribution is -2.04. The Kier molecular flexibility index (Phi) is 3.52. The molecule has 20 heavy (non-hydrogen) atoms. The van der Waals surface area contributed by atoms with Crippen molar-refractivity contribution in [2.45, 2.75) is 6.92 Å². The van der Waals surface area contributed by atoms with Crippen LogP contribution in [0.1, 0.15) is 26.3 Å². The topological polar surface area (TPSA) is 74.6 Å². The Morgan fingerprint density at radius 3 is 2.30 bits per heavy atom. The van der Waals surface area contributed by atoms with Crippen LogP contribution in [0.3, 0.4) is 0 Å². The number of hydrogen-bond acceptors (Lipinski definition) is 2. The van der Waals surface area contributed by atoms with E-state index in [4.69, 9.17) is 5.11 Å². The molecule has 0 bridgehead atoms. The molecule has 2 aromatic carbocycles. The molecular formula is C15H11FO4. The highest BCUT2D eigenvalue weighted by Crippen LogP contribution is 2.29. The van der Waals surface area contributed by atoms with Crippen LogP contribution in [0.15, 0.2) is 36.4 Å². The number of carbonyl (C=O) groups is 2. The predicted octanol–water partition coefficient (Wildman–Crippen LogP) is 3.20. The van der Waals surface area contributed by atoms with Crippen LogP contribution in [0, 0.1) is 12.7 Å². The average molecular weight is 274 g/mol. The predicted molar refractivity (Wildman–Crippen MR) is 70.5 cm³/mol. The van der Waals surface area contributed by atoms with Gasteiger partial charge in [-0.2, -0.15) is 0 Å². The molecule has 0 aliphatic rings. The number of hydrogen-bond donors (Lipinski definition) is 2. The standard InChI is InChI=1S/C15H11FO4/c1-8-3-2-4-10(13(8)15(19)20)11-7-9(14(17)18)5-6-12(11)16/h2-7H,1H3,(H,17,18)(H,19,20). The first-order valence-electron chi connectivity index (χ1n) is 5.78. The Morgan fingerprint density at radius 1 is 1.00 bits per heavy atom. The maximum absolute atomic E-state index is 13.9. The van der Waals surface area contributed by atoms with Gasteiger partial charge in [0.1, 0.15) is 5.82 Å². The molecule has 0 fully saturated rings. The summed E-state index contributed by atoms with van der Waals surface area (Å²) in [6.07, 6.45) is 0. The zero-order valence-electron chi connectivity index (χ0n) is 10.6. The number of rotatable bonds is 3. The summed E-state index contributed by atoms with van der Waals surface area (Å²) in [4.78, 5) is 22.2. The molecule has 0 aromatic heterocycles. The van der Waals surface area contributed by atoms with E-state index in [-0.39, 0.29) is 22.3 Å². The van der Waals surface area contributed by atoms with E-state index < -0.39 is 17.8 Å². The molecule has 5 heteroatoms. The van der Waals surface area contributed by atoms with E-state index in [2.05, 4.69) is 0 Å². The first kappa shape index (κ1) is 13.7. The first-order valence-corrected chi connectivity index (χ1v) is 5.78. The second kappa shape index (κ2) is 5.13. The van der Waals surface area contributed by atoms with Gasteiger partial charge >= 0.3 is 11.9 Å². The van der Waals surface area contributed by atoms with Crippen molar-refractivity contribution < 1.29 is 24.2 Å². The molecule has 0 saturated carbocycles. The quantitative estimate of drug-likeness (QED) is 0.901. The van der Waals surface area contributed by atoms with E-state index in [1.807, 2.05) is 0 Å². The molecule has 2 N–H and O–H groups in total. The molecule has 2 aromatic rings. The lowest BCUT2D eigenvalue weighted by Gasteiger charge is -2.10. The van der Waals surface area contributed by atoms with Crippen molar-refractivity contribution in [1.82, 2.24) is 0 Å². The third-order valence-electron chi connectivity index (χ3n) is 2.99. The molecule has 0 saturated heterocycles. The minimum atomic E-state index is -1.20. The molecule has 0 radical (unpaired) electrons. The van der Waals surface area contributed by atoms with Gasteiger partial charge in [0.25, 0.3) is 0 Å². The minimum absolute atomic E-state index is 0.0334. The van der Waals surface area contributed by atoms with E-state index >= 15 is 0 Å². The van der Waals surface area contributed by atoms with Gasteiger partial charge in [-0.1, -0.05) is 18.2 Å². The van der Waals surface area contributed by atoms with Gasteiger partial charge in [0.05, 0.1) is 11.1 Å². The first-order chi connectivity index (χ1) is 9.41. The zero-order chi connectivity index (χ0) is 14.9. The SMILES string of the molecule is Cc1cccc(-c2cc(C(=O)O)ccc2F)c1C(=O)O. The molecule has 4 nitrogen and oxygen atoms in total. The fourth-order valence-corrected chi connectivity index (χ4v) is 2.04. The van der Waals surface area contributed by atoms with Crippen molar-refractivity contribution in [3.8, 4) is 11.1 Å². The maximum Gasteiger partial charge on any atom is 0.336 e. The molecule has 0 aliphatic carbocycles. The van der Waals surface area contributed by atoms with Crippen molar-refractivity contribution >= 4 is 11.9 Å². The Labute approximate surface area is 114 Å². The fourth-order valence-electron chi connectivity index (χ4n) is 2.04. The van der Waals surface area contributed by atoms with Crippen molar-refractivity contribution in [1.29, 1.82) is 0 Å². The van der Waals surface area contributed by atoms with E-state index in [0.29, 0.717) is 5.56 Å². The lowest BCUT2D eigenvalue weighted by molar-refractivity contribution is 0.0686. The van der Waals surface area contributed by atoms with Gasteiger partial charge in [-0.05, 0) is 36.2 Å². The van der Waals surface area contributed by atoms with Gasteiger partial charge in [0.15, 0.2) is 0 Å². The van der Waals surface area contributed by atoms with Gasteiger partial charge in [-0.15, -0.1) is 0 Å². The molecule has 0 aliphatic heterocycles. The molecule has 0 heterocycles. The van der Waals surface area contributed by atoms with Crippen LogP contribution < -0.4 is 0 Å². The molecule has 0 spiro atoms. The van der Waals surface area contributed by atoms with Crippen molar-refractivity contribution in [2.24, 2.45) is 0 Å². The highest BCUT2D eigenvalue weighted by Gasteiger charge is 2.18. The Morgan fingerprint density at radius 2 is 1.70 bits per heavy atom. The van der Waals surface area contributed by atoms with E-state index in [1.54, 1.807) is 19.1 Å². The summed E-state index contributed by atoms with van der Waals surface area (Å²) < 4.78 is 13.9. The Balaban J connectivity index is 2.74. The van der Waals surface area contributed by atoms with Crippen LogP contribution in [0.5, 0.6) is 0 Å². The lowest BCUT2D eigenvalue weighted by atomic mass is 9.94. The number of aromatic carboxylic acids is 2. The molecular weight excluding hydrogens is 263 g/mol. The number of carboxylic acid groups (broad SMARTS) is 2. The smallest absolute Gasteiger partial charge is 0.336 e. The van der Waals surface area contributed by atoms with Crippen LogP contribution in [0.4, 0.5) is 4.39 Å². The second-order valence-corrected chi connectivity index (χ2v) is 4.30. The summed E-state index contributed by atoms with van der Waals surface area (Å²) in [6, 6.07) is 7.96. The van der Waals surface area contributed by atoms with Crippen molar-refractivity contribution in [3.63, 3.8) is 0 Å². The highest BCUT2D eigenvalue weighted by atomic mass is 19.1. The number of benzene rings is 2. The summed E-state index contributed by atoms with van der Waals surface area (Å²) in [5, 5.41) is 18.2. The third kappa shape index (κ3) is 2.38. The van der Waals surface area contributed by atoms with Crippen LogP contribution in [0.2, 0.25) is 0 Å².